The Morgan fingerprint density at radius 3 is 2.27 bits per heavy atom. The first-order chi connectivity index (χ1) is 15.4. The minimum atomic E-state index is -2.05. The van der Waals surface area contributed by atoms with Crippen LogP contribution in [0.5, 0.6) is 0 Å². The second-order valence-electron chi connectivity index (χ2n) is 9.79. The molecule has 1 amide bonds. The highest BCUT2D eigenvalue weighted by molar-refractivity contribution is 8.00. The number of carbonyl (C=O) groups excluding carboxylic acids is 1. The van der Waals surface area contributed by atoms with Gasteiger partial charge in [0.05, 0.1) is 16.9 Å². The summed E-state index contributed by atoms with van der Waals surface area (Å²) >= 11 is 1.58. The predicted octanol–water partition coefficient (Wildman–Crippen LogP) is 6.01. The number of amides is 1. The summed E-state index contributed by atoms with van der Waals surface area (Å²) in [6, 6.07) is 16.1. The number of carbonyl (C=O) groups is 1. The Hall–Kier alpha value is -2.20. The Morgan fingerprint density at radius 2 is 1.73 bits per heavy atom. The molecule has 3 rings (SSSR count). The molecule has 1 heterocycles. The summed E-state index contributed by atoms with van der Waals surface area (Å²) in [5, 5.41) is 12.1. The third-order valence-corrected chi connectivity index (χ3v) is 12.2. The molecule has 7 nitrogen and oxygen atoms in total. The Labute approximate surface area is 200 Å². The van der Waals surface area contributed by atoms with E-state index < -0.39 is 13.2 Å². The van der Waals surface area contributed by atoms with Crippen molar-refractivity contribution in [1.29, 1.82) is 0 Å². The molecule has 0 aromatic heterocycles. The number of benzene rings is 2. The fourth-order valence-corrected chi connectivity index (χ4v) is 6.13. The van der Waals surface area contributed by atoms with E-state index in [0.29, 0.717) is 0 Å². The van der Waals surface area contributed by atoms with Crippen LogP contribution in [0.2, 0.25) is 18.1 Å². The van der Waals surface area contributed by atoms with Crippen molar-refractivity contribution >= 4 is 31.7 Å². The number of hydrogen-bond acceptors (Lipinski definition) is 6. The van der Waals surface area contributed by atoms with Gasteiger partial charge in [-0.2, -0.15) is 0 Å². The molecule has 1 fully saturated rings. The lowest BCUT2D eigenvalue weighted by molar-refractivity contribution is -0.384. The van der Waals surface area contributed by atoms with Crippen molar-refractivity contribution < 1.29 is 19.0 Å². The molecule has 0 aliphatic carbocycles. The second kappa shape index (κ2) is 9.96. The molecule has 2 aromatic rings. The van der Waals surface area contributed by atoms with Crippen LogP contribution in [0.4, 0.5) is 5.69 Å². The van der Waals surface area contributed by atoms with Crippen LogP contribution in [-0.2, 0) is 20.7 Å². The molecule has 1 aliphatic heterocycles. The van der Waals surface area contributed by atoms with Gasteiger partial charge in [-0.15, -0.1) is 0 Å². The van der Waals surface area contributed by atoms with Gasteiger partial charge in [0.25, 0.3) is 11.6 Å². The van der Waals surface area contributed by atoms with Crippen molar-refractivity contribution in [3.8, 4) is 0 Å². The van der Waals surface area contributed by atoms with Gasteiger partial charge in [0.15, 0.2) is 8.32 Å². The number of nitro benzene ring substituents is 1. The first-order valence-electron chi connectivity index (χ1n) is 11.0. The summed E-state index contributed by atoms with van der Waals surface area (Å²) in [4.78, 5) is 30.5. The maximum absolute atomic E-state index is 13.1. The largest absolute Gasteiger partial charge is 0.413 e. The highest BCUT2D eigenvalue weighted by Gasteiger charge is 2.54. The van der Waals surface area contributed by atoms with Gasteiger partial charge < -0.3 is 4.43 Å². The van der Waals surface area contributed by atoms with Gasteiger partial charge in [0.2, 0.25) is 0 Å². The molecule has 3 atom stereocenters. The highest BCUT2D eigenvalue weighted by atomic mass is 32.2. The highest BCUT2D eigenvalue weighted by Crippen LogP contribution is 2.45. The summed E-state index contributed by atoms with van der Waals surface area (Å²) in [7, 11) is -2.05. The third-order valence-electron chi connectivity index (χ3n) is 6.35. The topological polar surface area (TPSA) is 81.9 Å². The molecule has 0 saturated carbocycles. The molecule has 0 spiro atoms. The van der Waals surface area contributed by atoms with Crippen molar-refractivity contribution in [2.75, 3.05) is 0 Å². The van der Waals surface area contributed by atoms with Gasteiger partial charge in [0, 0.05) is 17.0 Å². The summed E-state index contributed by atoms with van der Waals surface area (Å²) in [5.41, 5.74) is 0.777. The quantitative estimate of drug-likeness (QED) is 0.186. The zero-order valence-electron chi connectivity index (χ0n) is 20.0. The van der Waals surface area contributed by atoms with E-state index in [9.17, 15) is 14.9 Å². The molecule has 1 aliphatic rings. The second-order valence-corrected chi connectivity index (χ2v) is 15.7. The van der Waals surface area contributed by atoms with Crippen LogP contribution in [0.15, 0.2) is 59.5 Å². The van der Waals surface area contributed by atoms with Gasteiger partial charge in [-0.05, 0) is 54.9 Å². The molecule has 33 heavy (non-hydrogen) atoms. The van der Waals surface area contributed by atoms with Gasteiger partial charge in [-0.25, -0.2) is 5.06 Å². The van der Waals surface area contributed by atoms with Crippen LogP contribution < -0.4 is 0 Å². The van der Waals surface area contributed by atoms with Crippen molar-refractivity contribution in [3.05, 3.63) is 70.3 Å². The number of thioether (sulfide) groups is 1. The molecule has 0 unspecified atom stereocenters. The molecule has 0 N–H and O–H groups in total. The molecular weight excluding hydrogens is 456 g/mol. The smallest absolute Gasteiger partial charge is 0.269 e. The number of hydrogen-bond donors (Lipinski definition) is 0. The Bertz CT molecular complexity index is 979. The van der Waals surface area contributed by atoms with Gasteiger partial charge in [-0.1, -0.05) is 50.7 Å². The van der Waals surface area contributed by atoms with Crippen molar-refractivity contribution in [2.24, 2.45) is 5.92 Å². The molecule has 9 heteroatoms. The normalized spacial score (nSPS) is 19.8. The maximum atomic E-state index is 13.1. The molecule has 178 valence electrons. The maximum Gasteiger partial charge on any atom is 0.269 e. The first kappa shape index (κ1) is 25.4. The fourth-order valence-electron chi connectivity index (χ4n) is 3.36. The zero-order chi connectivity index (χ0) is 24.4. The lowest BCUT2D eigenvalue weighted by Gasteiger charge is -2.49. The fraction of sp³-hybridized carbons (Fsp3) is 0.458. The molecule has 2 aromatic carbocycles. The molecule has 0 bridgehead atoms. The number of nitrogens with zero attached hydrogens (tertiary/aromatic N) is 2. The Morgan fingerprint density at radius 1 is 1.12 bits per heavy atom. The van der Waals surface area contributed by atoms with Crippen LogP contribution in [0, 0.1) is 16.0 Å². The predicted molar refractivity (Wildman–Crippen MR) is 132 cm³/mol. The van der Waals surface area contributed by atoms with E-state index in [1.807, 2.05) is 37.3 Å². The van der Waals surface area contributed by atoms with Crippen LogP contribution in [-0.4, -0.2) is 35.7 Å². The first-order valence-corrected chi connectivity index (χ1v) is 14.8. The van der Waals surface area contributed by atoms with E-state index in [0.717, 1.165) is 10.5 Å². The van der Waals surface area contributed by atoms with E-state index in [2.05, 4.69) is 33.9 Å². The lowest BCUT2D eigenvalue weighted by atomic mass is 9.95. The van der Waals surface area contributed by atoms with E-state index in [1.54, 1.807) is 23.9 Å². The number of nitro groups is 1. The van der Waals surface area contributed by atoms with Gasteiger partial charge in [0.1, 0.15) is 12.0 Å². The van der Waals surface area contributed by atoms with E-state index >= 15 is 0 Å². The van der Waals surface area contributed by atoms with Crippen LogP contribution in [0.25, 0.3) is 0 Å². The summed E-state index contributed by atoms with van der Waals surface area (Å²) in [6.45, 7) is 13.1. The minimum Gasteiger partial charge on any atom is -0.413 e. The number of rotatable bonds is 9. The summed E-state index contributed by atoms with van der Waals surface area (Å²) in [5.74, 6) is -0.419. The average Bonchev–Trinajstić information content (AvgIpc) is 2.73. The monoisotopic (exact) mass is 488 g/mol. The van der Waals surface area contributed by atoms with Gasteiger partial charge in [-0.3, -0.25) is 19.7 Å². The number of non-ortho nitro benzene ring substituents is 1. The Kier molecular flexibility index (Phi) is 7.68. The van der Waals surface area contributed by atoms with E-state index in [4.69, 9.17) is 9.26 Å². The molecule has 1 saturated heterocycles. The van der Waals surface area contributed by atoms with E-state index in [-0.39, 0.29) is 40.6 Å². The van der Waals surface area contributed by atoms with Crippen molar-refractivity contribution in [2.45, 2.75) is 68.8 Å². The third kappa shape index (κ3) is 5.84. The van der Waals surface area contributed by atoms with Crippen LogP contribution >= 0.6 is 11.8 Å². The van der Waals surface area contributed by atoms with Gasteiger partial charge >= 0.3 is 0 Å². The summed E-state index contributed by atoms with van der Waals surface area (Å²) < 4.78 is 6.55. The van der Waals surface area contributed by atoms with Crippen molar-refractivity contribution in [1.82, 2.24) is 5.06 Å². The van der Waals surface area contributed by atoms with Crippen LogP contribution in [0.1, 0.15) is 33.3 Å². The van der Waals surface area contributed by atoms with Crippen LogP contribution in [0.3, 0.4) is 0 Å². The number of hydroxylamine groups is 2. The average molecular weight is 489 g/mol. The standard InChI is InChI=1S/C24H32N2O5SSi/c1-17(31-33(5,6)24(2,3)4)21-22(27)25(23(21)32-20-10-8-7-9-11-20)30-16-18-12-14-19(15-13-18)26(28)29/h7-15,17,21,23H,16H2,1-6H3/t17-,21+,23+/m1/s1. The molecule has 0 radical (unpaired) electrons. The van der Waals surface area contributed by atoms with E-state index in [1.165, 1.54) is 17.2 Å². The minimum absolute atomic E-state index is 0.0213. The summed E-state index contributed by atoms with van der Waals surface area (Å²) in [6.07, 6.45) is -0.237. The number of β-lactam (4-membered cyclic amide) rings is 1. The zero-order valence-corrected chi connectivity index (χ0v) is 21.8. The van der Waals surface area contributed by atoms with Crippen molar-refractivity contribution in [3.63, 3.8) is 0 Å². The SMILES string of the molecule is C[C@@H](O[Si](C)(C)C(C)(C)C)[C@H]1C(=O)N(OCc2ccc([N+](=O)[O-])cc2)[C@H]1Sc1ccccc1. The lowest BCUT2D eigenvalue weighted by Crippen LogP contribution is -2.64. The Balaban J connectivity index is 1.74. The molecular formula is C24H32N2O5SSi.